The molecule has 68 valence electrons. The summed E-state index contributed by atoms with van der Waals surface area (Å²) in [6, 6.07) is 0. The molecule has 0 aliphatic carbocycles. The lowest BCUT2D eigenvalue weighted by molar-refractivity contribution is -0.150. The second-order valence-electron chi connectivity index (χ2n) is 2.87. The summed E-state index contributed by atoms with van der Waals surface area (Å²) in [6.45, 7) is 2.27. The number of carboxylic acids is 1. The molecule has 0 spiro atoms. The number of hydrogen-bond acceptors (Lipinski definition) is 3. The van der Waals surface area contributed by atoms with Crippen molar-refractivity contribution in [2.45, 2.75) is 6.42 Å². The van der Waals surface area contributed by atoms with E-state index in [2.05, 4.69) is 10.6 Å². The third kappa shape index (κ3) is 2.50. The van der Waals surface area contributed by atoms with Crippen molar-refractivity contribution in [2.75, 3.05) is 19.6 Å². The highest BCUT2D eigenvalue weighted by molar-refractivity contribution is 6.31. The quantitative estimate of drug-likeness (QED) is 0.457. The molecule has 0 aromatic heterocycles. The summed E-state index contributed by atoms with van der Waals surface area (Å²) in [5, 5.41) is 13.7. The highest BCUT2D eigenvalue weighted by Gasteiger charge is 2.17. The van der Waals surface area contributed by atoms with E-state index in [0.717, 1.165) is 19.5 Å². The zero-order valence-electron chi connectivity index (χ0n) is 6.67. The van der Waals surface area contributed by atoms with E-state index in [1.54, 1.807) is 0 Å². The van der Waals surface area contributed by atoms with E-state index in [1.165, 1.54) is 0 Å². The number of carboxylic acid groups (broad SMARTS) is 1. The first-order valence-corrected chi connectivity index (χ1v) is 3.92. The summed E-state index contributed by atoms with van der Waals surface area (Å²) in [5.74, 6) is -1.95. The van der Waals surface area contributed by atoms with Crippen molar-refractivity contribution in [1.29, 1.82) is 0 Å². The highest BCUT2D eigenvalue weighted by atomic mass is 16.4. The summed E-state index contributed by atoms with van der Waals surface area (Å²) in [4.78, 5) is 20.6. The lowest BCUT2D eigenvalue weighted by atomic mass is 10.1. The van der Waals surface area contributed by atoms with Gasteiger partial charge in [-0.05, 0) is 25.4 Å². The van der Waals surface area contributed by atoms with Crippen molar-refractivity contribution in [2.24, 2.45) is 5.92 Å². The molecule has 3 N–H and O–H groups in total. The van der Waals surface area contributed by atoms with Crippen molar-refractivity contribution in [3.63, 3.8) is 0 Å². The van der Waals surface area contributed by atoms with Gasteiger partial charge in [0.05, 0.1) is 0 Å². The zero-order valence-corrected chi connectivity index (χ0v) is 6.67. The summed E-state index contributed by atoms with van der Waals surface area (Å²) in [7, 11) is 0. The maximum Gasteiger partial charge on any atom is 0.394 e. The standard InChI is InChI=1S/C7H12N2O3/c10-6(7(11)12)9-4-5-1-2-8-3-5/h5,8H,1-4H2,(H,9,10)(H,11,12). The smallest absolute Gasteiger partial charge is 0.394 e. The van der Waals surface area contributed by atoms with E-state index in [4.69, 9.17) is 5.11 Å². The fourth-order valence-corrected chi connectivity index (χ4v) is 1.20. The number of nitrogens with one attached hydrogen (secondary N) is 2. The first-order valence-electron chi connectivity index (χ1n) is 3.92. The molecule has 1 aliphatic rings. The van der Waals surface area contributed by atoms with Crippen molar-refractivity contribution in [3.8, 4) is 0 Å². The van der Waals surface area contributed by atoms with Crippen LogP contribution in [0, 0.1) is 5.92 Å². The Hall–Kier alpha value is -1.10. The summed E-state index contributed by atoms with van der Waals surface area (Å²) in [5.41, 5.74) is 0. The van der Waals surface area contributed by atoms with Gasteiger partial charge in [0.25, 0.3) is 0 Å². The average Bonchev–Trinajstić information content (AvgIpc) is 2.51. The molecule has 1 heterocycles. The predicted molar refractivity (Wildman–Crippen MR) is 41.6 cm³/mol. The Morgan fingerprint density at radius 3 is 2.83 bits per heavy atom. The molecule has 0 saturated carbocycles. The number of carbonyl (C=O) groups is 2. The molecule has 12 heavy (non-hydrogen) atoms. The lowest BCUT2D eigenvalue weighted by Crippen LogP contribution is -2.35. The van der Waals surface area contributed by atoms with Crippen LogP contribution < -0.4 is 10.6 Å². The van der Waals surface area contributed by atoms with Crippen molar-refractivity contribution in [3.05, 3.63) is 0 Å². The van der Waals surface area contributed by atoms with Crippen LogP contribution in [0.3, 0.4) is 0 Å². The van der Waals surface area contributed by atoms with Gasteiger partial charge in [-0.25, -0.2) is 4.79 Å². The first-order chi connectivity index (χ1) is 5.70. The number of hydrogen-bond donors (Lipinski definition) is 3. The molecule has 1 amide bonds. The maximum absolute atomic E-state index is 10.6. The van der Waals surface area contributed by atoms with Crippen LogP contribution in [0.15, 0.2) is 0 Å². The summed E-state index contributed by atoms with van der Waals surface area (Å²) in [6.07, 6.45) is 1.000. The minimum absolute atomic E-state index is 0.383. The van der Waals surface area contributed by atoms with Crippen LogP contribution in [-0.4, -0.2) is 36.6 Å². The topological polar surface area (TPSA) is 78.4 Å². The molecular weight excluding hydrogens is 160 g/mol. The van der Waals surface area contributed by atoms with E-state index in [-0.39, 0.29) is 0 Å². The van der Waals surface area contributed by atoms with Crippen LogP contribution >= 0.6 is 0 Å². The van der Waals surface area contributed by atoms with Crippen LogP contribution in [0.1, 0.15) is 6.42 Å². The van der Waals surface area contributed by atoms with E-state index >= 15 is 0 Å². The van der Waals surface area contributed by atoms with E-state index < -0.39 is 11.9 Å². The van der Waals surface area contributed by atoms with Gasteiger partial charge in [0, 0.05) is 6.54 Å². The van der Waals surface area contributed by atoms with Crippen molar-refractivity contribution < 1.29 is 14.7 Å². The fraction of sp³-hybridized carbons (Fsp3) is 0.714. The largest absolute Gasteiger partial charge is 0.474 e. The Morgan fingerprint density at radius 1 is 1.58 bits per heavy atom. The van der Waals surface area contributed by atoms with Crippen molar-refractivity contribution >= 4 is 11.9 Å². The Labute approximate surface area is 70.1 Å². The van der Waals surface area contributed by atoms with Gasteiger partial charge in [0.2, 0.25) is 0 Å². The molecule has 0 aromatic carbocycles. The highest BCUT2D eigenvalue weighted by Crippen LogP contribution is 2.04. The van der Waals surface area contributed by atoms with Crippen LogP contribution in [-0.2, 0) is 9.59 Å². The van der Waals surface area contributed by atoms with Gasteiger partial charge in [-0.1, -0.05) is 0 Å². The molecule has 1 rings (SSSR count). The number of rotatable bonds is 2. The number of amides is 1. The van der Waals surface area contributed by atoms with Gasteiger partial charge in [-0.3, -0.25) is 4.79 Å². The number of carbonyl (C=O) groups excluding carboxylic acids is 1. The van der Waals surface area contributed by atoms with Gasteiger partial charge < -0.3 is 15.7 Å². The molecular formula is C7H12N2O3. The van der Waals surface area contributed by atoms with Gasteiger partial charge in [0.1, 0.15) is 0 Å². The molecule has 1 aliphatic heterocycles. The van der Waals surface area contributed by atoms with E-state index in [0.29, 0.717) is 12.5 Å². The normalized spacial score (nSPS) is 22.2. The molecule has 0 radical (unpaired) electrons. The van der Waals surface area contributed by atoms with E-state index in [9.17, 15) is 9.59 Å². The van der Waals surface area contributed by atoms with Gasteiger partial charge in [-0.2, -0.15) is 0 Å². The molecule has 5 nitrogen and oxygen atoms in total. The van der Waals surface area contributed by atoms with E-state index in [1.807, 2.05) is 0 Å². The van der Waals surface area contributed by atoms with Gasteiger partial charge in [0.15, 0.2) is 0 Å². The molecule has 0 bridgehead atoms. The third-order valence-electron chi connectivity index (χ3n) is 1.91. The summed E-state index contributed by atoms with van der Waals surface area (Å²) < 4.78 is 0. The van der Waals surface area contributed by atoms with Crippen LogP contribution in [0.4, 0.5) is 0 Å². The van der Waals surface area contributed by atoms with Gasteiger partial charge >= 0.3 is 11.9 Å². The van der Waals surface area contributed by atoms with Crippen LogP contribution in [0.25, 0.3) is 0 Å². The lowest BCUT2D eigenvalue weighted by Gasteiger charge is -2.07. The molecule has 1 saturated heterocycles. The second-order valence-corrected chi connectivity index (χ2v) is 2.87. The minimum atomic E-state index is -1.42. The maximum atomic E-state index is 10.6. The van der Waals surface area contributed by atoms with Gasteiger partial charge in [-0.15, -0.1) is 0 Å². The Kier molecular flexibility index (Phi) is 3.04. The second kappa shape index (κ2) is 4.06. The number of aliphatic carboxylic acids is 1. The first kappa shape index (κ1) is 8.99. The fourth-order valence-electron chi connectivity index (χ4n) is 1.20. The SMILES string of the molecule is O=C(O)C(=O)NCC1CCNC1. The molecule has 1 fully saturated rings. The Morgan fingerprint density at radius 2 is 2.33 bits per heavy atom. The van der Waals surface area contributed by atoms with Crippen molar-refractivity contribution in [1.82, 2.24) is 10.6 Å². The van der Waals surface area contributed by atoms with Crippen LogP contribution in [0.5, 0.6) is 0 Å². The summed E-state index contributed by atoms with van der Waals surface area (Å²) >= 11 is 0. The molecule has 1 atom stereocenters. The molecule has 0 aromatic rings. The zero-order chi connectivity index (χ0) is 8.97. The Balaban J connectivity index is 2.16. The average molecular weight is 172 g/mol. The molecule has 1 unspecified atom stereocenters. The molecule has 5 heteroatoms. The predicted octanol–water partition coefficient (Wildman–Crippen LogP) is -1.20. The Bertz CT molecular complexity index is 187. The van der Waals surface area contributed by atoms with Crippen LogP contribution in [0.2, 0.25) is 0 Å². The monoisotopic (exact) mass is 172 g/mol. The minimum Gasteiger partial charge on any atom is -0.474 e. The third-order valence-corrected chi connectivity index (χ3v) is 1.91.